The average Bonchev–Trinajstić information content (AvgIpc) is 2.96. The van der Waals surface area contributed by atoms with Gasteiger partial charge in [-0.25, -0.2) is 9.59 Å². The molecule has 0 saturated heterocycles. The van der Waals surface area contributed by atoms with Gasteiger partial charge in [-0.05, 0) is 25.5 Å². The minimum atomic E-state index is -1.22. The molecule has 0 aliphatic carbocycles. The zero-order valence-electron chi connectivity index (χ0n) is 11.8. The lowest BCUT2D eigenvalue weighted by Crippen LogP contribution is -2.46. The summed E-state index contributed by atoms with van der Waals surface area (Å²) in [5.41, 5.74) is 0. The SMILES string of the molecule is COC(=O)CC[C@H](NC(=O)NC(C)c1ccco1)C(=O)O. The molecule has 1 unspecified atom stereocenters. The molecule has 0 aromatic carbocycles. The van der Waals surface area contributed by atoms with E-state index in [0.717, 1.165) is 0 Å². The van der Waals surface area contributed by atoms with Crippen molar-refractivity contribution in [1.82, 2.24) is 10.6 Å². The van der Waals surface area contributed by atoms with Crippen LogP contribution in [-0.2, 0) is 14.3 Å². The number of hydrogen-bond donors (Lipinski definition) is 3. The lowest BCUT2D eigenvalue weighted by molar-refractivity contribution is -0.142. The van der Waals surface area contributed by atoms with Crippen molar-refractivity contribution in [2.45, 2.75) is 31.8 Å². The molecule has 2 atom stereocenters. The van der Waals surface area contributed by atoms with Gasteiger partial charge in [0.05, 0.1) is 19.4 Å². The molecule has 21 heavy (non-hydrogen) atoms. The van der Waals surface area contributed by atoms with Gasteiger partial charge in [-0.3, -0.25) is 4.79 Å². The molecule has 0 saturated carbocycles. The summed E-state index contributed by atoms with van der Waals surface area (Å²) >= 11 is 0. The lowest BCUT2D eigenvalue weighted by Gasteiger charge is -2.17. The van der Waals surface area contributed by atoms with Crippen molar-refractivity contribution in [3.63, 3.8) is 0 Å². The van der Waals surface area contributed by atoms with Gasteiger partial charge >= 0.3 is 18.0 Å². The van der Waals surface area contributed by atoms with Crippen molar-refractivity contribution in [1.29, 1.82) is 0 Å². The van der Waals surface area contributed by atoms with E-state index in [-0.39, 0.29) is 12.8 Å². The van der Waals surface area contributed by atoms with E-state index in [1.165, 1.54) is 13.4 Å². The summed E-state index contributed by atoms with van der Waals surface area (Å²) in [5.74, 6) is -1.21. The number of urea groups is 1. The number of rotatable bonds is 7. The Morgan fingerprint density at radius 2 is 2.10 bits per heavy atom. The molecule has 1 aromatic rings. The lowest BCUT2D eigenvalue weighted by atomic mass is 10.1. The summed E-state index contributed by atoms with van der Waals surface area (Å²) in [6, 6.07) is 1.14. The first-order chi connectivity index (χ1) is 9.93. The van der Waals surface area contributed by atoms with Gasteiger partial charge in [0.25, 0.3) is 0 Å². The van der Waals surface area contributed by atoms with Gasteiger partial charge < -0.3 is 24.9 Å². The largest absolute Gasteiger partial charge is 0.480 e. The van der Waals surface area contributed by atoms with Crippen LogP contribution in [-0.4, -0.2) is 36.2 Å². The number of esters is 1. The molecule has 0 radical (unpaired) electrons. The Bertz CT molecular complexity index is 485. The van der Waals surface area contributed by atoms with Gasteiger partial charge in [-0.2, -0.15) is 0 Å². The number of aliphatic carboxylic acids is 1. The van der Waals surface area contributed by atoms with E-state index in [4.69, 9.17) is 9.52 Å². The third-order valence-electron chi connectivity index (χ3n) is 2.79. The van der Waals surface area contributed by atoms with Crippen molar-refractivity contribution in [2.24, 2.45) is 0 Å². The summed E-state index contributed by atoms with van der Waals surface area (Å²) in [6.45, 7) is 1.70. The van der Waals surface area contributed by atoms with Gasteiger partial charge in [0.2, 0.25) is 0 Å². The first-order valence-electron chi connectivity index (χ1n) is 6.34. The van der Waals surface area contributed by atoms with E-state index in [2.05, 4.69) is 15.4 Å². The fraction of sp³-hybridized carbons (Fsp3) is 0.462. The zero-order valence-corrected chi connectivity index (χ0v) is 11.8. The summed E-state index contributed by atoms with van der Waals surface area (Å²) in [4.78, 5) is 33.8. The standard InChI is InChI=1S/C13H18N2O6/c1-8(10-4-3-7-21-10)14-13(19)15-9(12(17)18)5-6-11(16)20-2/h3-4,7-9H,5-6H2,1-2H3,(H,17,18)(H2,14,15,19)/t8?,9-/m0/s1. The van der Waals surface area contributed by atoms with Crippen LogP contribution < -0.4 is 10.6 Å². The molecule has 8 nitrogen and oxygen atoms in total. The number of ether oxygens (including phenoxy) is 1. The van der Waals surface area contributed by atoms with Gasteiger partial charge in [0, 0.05) is 6.42 Å². The second-order valence-corrected chi connectivity index (χ2v) is 4.36. The maximum atomic E-state index is 11.7. The van der Waals surface area contributed by atoms with E-state index in [1.807, 2.05) is 0 Å². The molecule has 3 N–H and O–H groups in total. The second kappa shape index (κ2) is 7.93. The zero-order chi connectivity index (χ0) is 15.8. The molecule has 2 amide bonds. The highest BCUT2D eigenvalue weighted by Gasteiger charge is 2.22. The molecular weight excluding hydrogens is 280 g/mol. The first-order valence-corrected chi connectivity index (χ1v) is 6.34. The number of methoxy groups -OCH3 is 1. The van der Waals surface area contributed by atoms with Crippen LogP contribution in [0.15, 0.2) is 22.8 Å². The number of carbonyl (C=O) groups excluding carboxylic acids is 2. The maximum Gasteiger partial charge on any atom is 0.326 e. The van der Waals surface area contributed by atoms with Gasteiger partial charge in [-0.1, -0.05) is 0 Å². The monoisotopic (exact) mass is 298 g/mol. The summed E-state index contributed by atoms with van der Waals surface area (Å²) in [7, 11) is 1.21. The Labute approximate surface area is 121 Å². The Balaban J connectivity index is 2.48. The summed E-state index contributed by atoms with van der Waals surface area (Å²) in [6.07, 6.45) is 1.33. The molecule has 0 spiro atoms. The molecule has 1 rings (SSSR count). The normalized spacial score (nSPS) is 13.0. The van der Waals surface area contributed by atoms with Gasteiger partial charge in [0.1, 0.15) is 11.8 Å². The third-order valence-corrected chi connectivity index (χ3v) is 2.79. The molecular formula is C13H18N2O6. The molecule has 0 bridgehead atoms. The van der Waals surface area contributed by atoms with Crippen LogP contribution in [0.4, 0.5) is 4.79 Å². The van der Waals surface area contributed by atoms with Crippen molar-refractivity contribution in [3.05, 3.63) is 24.2 Å². The Morgan fingerprint density at radius 3 is 2.62 bits per heavy atom. The van der Waals surface area contributed by atoms with Crippen LogP contribution in [0, 0.1) is 0 Å². The van der Waals surface area contributed by atoms with E-state index in [9.17, 15) is 14.4 Å². The maximum absolute atomic E-state index is 11.7. The minimum Gasteiger partial charge on any atom is -0.480 e. The van der Waals surface area contributed by atoms with Crippen LogP contribution in [0.2, 0.25) is 0 Å². The van der Waals surface area contributed by atoms with Crippen LogP contribution in [0.5, 0.6) is 0 Å². The Kier molecular flexibility index (Phi) is 6.25. The number of furan rings is 1. The summed E-state index contributed by atoms with van der Waals surface area (Å²) in [5, 5.41) is 13.8. The second-order valence-electron chi connectivity index (χ2n) is 4.36. The average molecular weight is 298 g/mol. The predicted molar refractivity (Wildman–Crippen MR) is 71.5 cm³/mol. The van der Waals surface area contributed by atoms with E-state index in [1.54, 1.807) is 19.1 Å². The number of nitrogens with one attached hydrogen (secondary N) is 2. The molecule has 1 aromatic heterocycles. The van der Waals surface area contributed by atoms with Crippen LogP contribution in [0.1, 0.15) is 31.6 Å². The highest BCUT2D eigenvalue weighted by atomic mass is 16.5. The minimum absolute atomic E-state index is 0.0510. The Hall–Kier alpha value is -2.51. The van der Waals surface area contributed by atoms with Crippen molar-refractivity contribution in [2.75, 3.05) is 7.11 Å². The number of carboxylic acid groups (broad SMARTS) is 1. The van der Waals surface area contributed by atoms with Crippen molar-refractivity contribution >= 4 is 18.0 Å². The number of carboxylic acids is 1. The number of amides is 2. The quantitative estimate of drug-likeness (QED) is 0.647. The smallest absolute Gasteiger partial charge is 0.326 e. The van der Waals surface area contributed by atoms with Crippen molar-refractivity contribution in [3.8, 4) is 0 Å². The molecule has 0 aliphatic heterocycles. The van der Waals surface area contributed by atoms with Crippen LogP contribution in [0.3, 0.4) is 0 Å². The Morgan fingerprint density at radius 1 is 1.38 bits per heavy atom. The topological polar surface area (TPSA) is 118 Å². The third kappa shape index (κ3) is 5.55. The van der Waals surface area contributed by atoms with E-state index in [0.29, 0.717) is 5.76 Å². The number of hydrogen-bond acceptors (Lipinski definition) is 5. The van der Waals surface area contributed by atoms with E-state index >= 15 is 0 Å². The molecule has 1 heterocycles. The molecule has 0 fully saturated rings. The van der Waals surface area contributed by atoms with Gasteiger partial charge in [-0.15, -0.1) is 0 Å². The molecule has 8 heteroatoms. The summed E-state index contributed by atoms with van der Waals surface area (Å²) < 4.78 is 9.55. The predicted octanol–water partition coefficient (Wildman–Crippen LogP) is 1.05. The fourth-order valence-electron chi connectivity index (χ4n) is 1.63. The van der Waals surface area contributed by atoms with Crippen LogP contribution in [0.25, 0.3) is 0 Å². The van der Waals surface area contributed by atoms with Crippen LogP contribution >= 0.6 is 0 Å². The van der Waals surface area contributed by atoms with E-state index < -0.39 is 30.1 Å². The number of carbonyl (C=O) groups is 3. The van der Waals surface area contributed by atoms with Gasteiger partial charge in [0.15, 0.2) is 0 Å². The highest BCUT2D eigenvalue weighted by Crippen LogP contribution is 2.11. The van der Waals surface area contributed by atoms with Crippen molar-refractivity contribution < 1.29 is 28.6 Å². The first kappa shape index (κ1) is 16.5. The molecule has 116 valence electrons. The molecule has 0 aliphatic rings. The fourth-order valence-corrected chi connectivity index (χ4v) is 1.63. The highest BCUT2D eigenvalue weighted by molar-refractivity contribution is 5.83.